The van der Waals surface area contributed by atoms with Gasteiger partial charge in [-0.3, -0.25) is 0 Å². The number of furan rings is 1. The summed E-state index contributed by atoms with van der Waals surface area (Å²) in [5, 5.41) is 13.9. The minimum atomic E-state index is -4.09. The normalized spacial score (nSPS) is 11.2. The number of aromatic amines is 1. The summed E-state index contributed by atoms with van der Waals surface area (Å²) in [5.41, 5.74) is 0. The third kappa shape index (κ3) is 2.65. The van der Waals surface area contributed by atoms with Gasteiger partial charge in [0.1, 0.15) is 0 Å². The molecule has 0 fully saturated rings. The van der Waals surface area contributed by atoms with Crippen molar-refractivity contribution in [2.24, 2.45) is 0 Å². The Morgan fingerprint density at radius 2 is 2.26 bits per heavy atom. The Hall–Kier alpha value is -2.56. The van der Waals surface area contributed by atoms with Crippen molar-refractivity contribution in [1.82, 2.24) is 15.2 Å². The fraction of sp³-hybridized carbons (Fsp3) is 0.125. The molecule has 0 unspecified atom stereocenters. The molecule has 0 aliphatic carbocycles. The van der Waals surface area contributed by atoms with Crippen molar-refractivity contribution < 1.29 is 27.5 Å². The van der Waals surface area contributed by atoms with E-state index in [1.165, 1.54) is 7.11 Å². The number of aromatic carboxylic acids is 1. The fourth-order valence-corrected chi connectivity index (χ4v) is 2.03. The predicted octanol–water partition coefficient (Wildman–Crippen LogP) is -0.0947. The van der Waals surface area contributed by atoms with E-state index < -0.39 is 26.8 Å². The number of carboxylic acids is 1. The number of sulfonamides is 1. The Morgan fingerprint density at radius 3 is 2.79 bits per heavy atom. The molecule has 11 heteroatoms. The van der Waals surface area contributed by atoms with Crippen LogP contribution in [-0.2, 0) is 10.0 Å². The first-order valence-corrected chi connectivity index (χ1v) is 6.23. The van der Waals surface area contributed by atoms with Gasteiger partial charge < -0.3 is 14.3 Å². The summed E-state index contributed by atoms with van der Waals surface area (Å²) in [6.45, 7) is 0. The van der Waals surface area contributed by atoms with Crippen LogP contribution >= 0.6 is 0 Å². The quantitative estimate of drug-likeness (QED) is 0.691. The van der Waals surface area contributed by atoms with Crippen molar-refractivity contribution in [3.8, 4) is 6.01 Å². The van der Waals surface area contributed by atoms with E-state index in [-0.39, 0.29) is 12.0 Å². The average Bonchev–Trinajstić information content (AvgIpc) is 2.95. The van der Waals surface area contributed by atoms with Crippen LogP contribution in [-0.4, -0.2) is 41.8 Å². The Kier molecular flexibility index (Phi) is 3.12. The van der Waals surface area contributed by atoms with Crippen molar-refractivity contribution in [3.05, 3.63) is 17.9 Å². The topological polar surface area (TPSA) is 147 Å². The Morgan fingerprint density at radius 1 is 1.53 bits per heavy atom. The van der Waals surface area contributed by atoms with Crippen molar-refractivity contribution in [2.75, 3.05) is 11.8 Å². The smallest absolute Gasteiger partial charge is 0.371 e. The molecule has 102 valence electrons. The number of aromatic nitrogens is 3. The first-order valence-electron chi connectivity index (χ1n) is 4.75. The van der Waals surface area contributed by atoms with Gasteiger partial charge in [0.25, 0.3) is 10.0 Å². The van der Waals surface area contributed by atoms with E-state index in [0.29, 0.717) is 0 Å². The van der Waals surface area contributed by atoms with Crippen LogP contribution in [0.4, 0.5) is 5.95 Å². The van der Waals surface area contributed by atoms with E-state index in [9.17, 15) is 13.2 Å². The lowest BCUT2D eigenvalue weighted by atomic mass is 10.5. The number of nitrogens with zero attached hydrogens (tertiary/aromatic N) is 2. The summed E-state index contributed by atoms with van der Waals surface area (Å²) in [4.78, 5) is 14.2. The van der Waals surface area contributed by atoms with Gasteiger partial charge in [-0.1, -0.05) is 0 Å². The molecule has 0 radical (unpaired) electrons. The second kappa shape index (κ2) is 4.61. The number of ether oxygens (including phenoxy) is 1. The lowest BCUT2D eigenvalue weighted by molar-refractivity contribution is 0.0656. The average molecular weight is 288 g/mol. The van der Waals surface area contributed by atoms with E-state index in [1.54, 1.807) is 0 Å². The number of carbonyl (C=O) groups is 1. The maximum Gasteiger partial charge on any atom is 0.371 e. The number of carboxylic acid groups (broad SMARTS) is 1. The van der Waals surface area contributed by atoms with Crippen LogP contribution in [0.25, 0.3) is 0 Å². The highest BCUT2D eigenvalue weighted by Crippen LogP contribution is 2.17. The van der Waals surface area contributed by atoms with E-state index >= 15 is 0 Å². The van der Waals surface area contributed by atoms with E-state index in [1.807, 2.05) is 4.72 Å². The number of hydrogen-bond donors (Lipinski definition) is 3. The van der Waals surface area contributed by atoms with Gasteiger partial charge in [0.05, 0.1) is 7.11 Å². The molecule has 0 bridgehead atoms. The van der Waals surface area contributed by atoms with Crippen LogP contribution in [0.3, 0.4) is 0 Å². The Balaban J connectivity index is 2.24. The van der Waals surface area contributed by atoms with Gasteiger partial charge in [-0.15, -0.1) is 5.10 Å². The SMILES string of the molecule is COc1n[nH]c(NS(=O)(=O)c2ccc(C(=O)O)o2)n1. The van der Waals surface area contributed by atoms with Gasteiger partial charge >= 0.3 is 12.0 Å². The number of anilines is 1. The zero-order chi connectivity index (χ0) is 14.0. The molecule has 0 spiro atoms. The molecule has 0 amide bonds. The summed E-state index contributed by atoms with van der Waals surface area (Å²) in [7, 11) is -2.78. The van der Waals surface area contributed by atoms with Gasteiger partial charge in [0.2, 0.25) is 16.8 Å². The maximum atomic E-state index is 11.8. The molecule has 0 saturated carbocycles. The predicted molar refractivity (Wildman–Crippen MR) is 59.4 cm³/mol. The molecule has 10 nitrogen and oxygen atoms in total. The Bertz CT molecular complexity index is 702. The van der Waals surface area contributed by atoms with Crippen LogP contribution in [0, 0.1) is 0 Å². The van der Waals surface area contributed by atoms with Crippen LogP contribution in [0.2, 0.25) is 0 Å². The van der Waals surface area contributed by atoms with E-state index in [2.05, 4.69) is 24.3 Å². The van der Waals surface area contributed by atoms with Gasteiger partial charge in [-0.25, -0.2) is 14.6 Å². The molecule has 2 rings (SSSR count). The molecule has 0 aliphatic rings. The summed E-state index contributed by atoms with van der Waals surface area (Å²) < 4.78 is 35.0. The molecular weight excluding hydrogens is 280 g/mol. The molecule has 2 aromatic heterocycles. The van der Waals surface area contributed by atoms with Gasteiger partial charge in [-0.05, 0) is 12.1 Å². The monoisotopic (exact) mass is 288 g/mol. The van der Waals surface area contributed by atoms with Gasteiger partial charge in [0, 0.05) is 0 Å². The van der Waals surface area contributed by atoms with Gasteiger partial charge in [-0.2, -0.15) is 13.4 Å². The van der Waals surface area contributed by atoms with Crippen molar-refractivity contribution in [3.63, 3.8) is 0 Å². The van der Waals surface area contributed by atoms with Crippen molar-refractivity contribution in [2.45, 2.75) is 5.09 Å². The molecule has 0 atom stereocenters. The molecule has 3 N–H and O–H groups in total. The number of methoxy groups -OCH3 is 1. The molecule has 2 aromatic rings. The van der Waals surface area contributed by atoms with Crippen LogP contribution < -0.4 is 9.46 Å². The Labute approximate surface area is 106 Å². The van der Waals surface area contributed by atoms with Crippen molar-refractivity contribution >= 4 is 21.9 Å². The highest BCUT2D eigenvalue weighted by atomic mass is 32.2. The van der Waals surface area contributed by atoms with E-state index in [0.717, 1.165) is 12.1 Å². The molecule has 0 aliphatic heterocycles. The molecule has 2 heterocycles. The van der Waals surface area contributed by atoms with Crippen LogP contribution in [0.15, 0.2) is 21.6 Å². The lowest BCUT2D eigenvalue weighted by Gasteiger charge is -2.00. The first-order chi connectivity index (χ1) is 8.92. The maximum absolute atomic E-state index is 11.8. The third-order valence-corrected chi connectivity index (χ3v) is 3.15. The minimum absolute atomic E-state index is 0.0524. The molecule has 0 aromatic carbocycles. The van der Waals surface area contributed by atoms with E-state index in [4.69, 9.17) is 5.11 Å². The number of hydrogen-bond acceptors (Lipinski definition) is 7. The highest BCUT2D eigenvalue weighted by molar-refractivity contribution is 7.92. The number of H-pyrrole nitrogens is 1. The number of nitrogens with one attached hydrogen (secondary N) is 2. The lowest BCUT2D eigenvalue weighted by Crippen LogP contribution is -2.13. The second-order valence-electron chi connectivity index (χ2n) is 3.20. The van der Waals surface area contributed by atoms with Gasteiger partial charge in [0.15, 0.2) is 0 Å². The largest absolute Gasteiger partial charge is 0.475 e. The number of rotatable bonds is 5. The zero-order valence-electron chi connectivity index (χ0n) is 9.45. The first kappa shape index (κ1) is 12.9. The fourth-order valence-electron chi connectivity index (χ4n) is 1.14. The molecule has 0 saturated heterocycles. The third-order valence-electron chi connectivity index (χ3n) is 1.94. The molecule has 19 heavy (non-hydrogen) atoms. The zero-order valence-corrected chi connectivity index (χ0v) is 10.3. The van der Waals surface area contributed by atoms with Crippen molar-refractivity contribution in [1.29, 1.82) is 0 Å². The minimum Gasteiger partial charge on any atom is -0.475 e. The second-order valence-corrected chi connectivity index (χ2v) is 4.81. The summed E-state index contributed by atoms with van der Waals surface area (Å²) in [6.07, 6.45) is 0. The summed E-state index contributed by atoms with van der Waals surface area (Å²) in [6, 6.07) is 1.99. The van der Waals surface area contributed by atoms with Crippen LogP contribution in [0.5, 0.6) is 6.01 Å². The van der Waals surface area contributed by atoms with Crippen LogP contribution in [0.1, 0.15) is 10.6 Å². The summed E-state index contributed by atoms with van der Waals surface area (Å²) >= 11 is 0. The molecular formula is C8H8N4O6S. The highest BCUT2D eigenvalue weighted by Gasteiger charge is 2.22. The summed E-state index contributed by atoms with van der Waals surface area (Å²) in [5.74, 6) is -2.05. The standard InChI is InChI=1S/C8H8N4O6S/c1-17-8-9-7(10-11-8)12-19(15,16)5-3-2-4(18-5)6(13)14/h2-3H,1H3,(H,13,14)(H2,9,10,11,12).